The van der Waals surface area contributed by atoms with E-state index in [2.05, 4.69) is 0 Å². The number of carboxylic acids is 1. The van der Waals surface area contributed by atoms with Crippen molar-refractivity contribution >= 4 is 11.8 Å². The smallest absolute Gasteiger partial charge is 0.375 e. The number of rotatable bonds is 6. The summed E-state index contributed by atoms with van der Waals surface area (Å²) < 4.78 is 0. The van der Waals surface area contributed by atoms with Crippen molar-refractivity contribution in [3.05, 3.63) is 0 Å². The predicted molar refractivity (Wildman–Crippen MR) is 47.0 cm³/mol. The van der Waals surface area contributed by atoms with Crippen molar-refractivity contribution in [2.24, 2.45) is 0 Å². The van der Waals surface area contributed by atoms with Gasteiger partial charge in [-0.15, -0.1) is 0 Å². The fraction of sp³-hybridized carbons (Fsp3) is 0.750. The summed E-state index contributed by atoms with van der Waals surface area (Å²) in [5.74, 6) is -3.55. The number of carbonyl (C=O) groups is 2. The van der Waals surface area contributed by atoms with Gasteiger partial charge in [0.1, 0.15) is 12.2 Å². The monoisotopic (exact) mass is 222 g/mol. The van der Waals surface area contributed by atoms with Crippen LogP contribution in [0, 0.1) is 0 Å². The average Bonchev–Trinajstić information content (AvgIpc) is 2.23. The molecule has 15 heavy (non-hydrogen) atoms. The topological polar surface area (TPSA) is 135 Å². The molecule has 0 spiro atoms. The second kappa shape index (κ2) is 5.76. The quantitative estimate of drug-likeness (QED) is 0.313. The molecular weight excluding hydrogens is 208 g/mol. The summed E-state index contributed by atoms with van der Waals surface area (Å²) in [5.41, 5.74) is 0. The molecule has 88 valence electrons. The van der Waals surface area contributed by atoms with Gasteiger partial charge in [-0.05, 0) is 6.42 Å². The Morgan fingerprint density at radius 3 is 1.87 bits per heavy atom. The lowest BCUT2D eigenvalue weighted by atomic mass is 9.99. The lowest BCUT2D eigenvalue weighted by molar-refractivity contribution is -0.161. The molecule has 0 aliphatic heterocycles. The highest BCUT2D eigenvalue weighted by atomic mass is 16.4. The highest BCUT2D eigenvalue weighted by molar-refractivity contribution is 6.34. The second-order valence-corrected chi connectivity index (χ2v) is 3.07. The first kappa shape index (κ1) is 14.0. The van der Waals surface area contributed by atoms with Crippen LogP contribution in [0.2, 0.25) is 0 Å². The number of carbonyl (C=O) groups excluding carboxylic acids is 1. The van der Waals surface area contributed by atoms with Gasteiger partial charge in [-0.2, -0.15) is 0 Å². The molecule has 0 aromatic heterocycles. The fourth-order valence-corrected chi connectivity index (χ4v) is 0.937. The number of Topliss-reactive ketones (excluding diaryl/α,β-unsaturated/α-hetero) is 1. The fourth-order valence-electron chi connectivity index (χ4n) is 0.937. The van der Waals surface area contributed by atoms with Gasteiger partial charge < -0.3 is 25.5 Å². The Morgan fingerprint density at radius 1 is 1.07 bits per heavy atom. The first-order valence-corrected chi connectivity index (χ1v) is 4.32. The minimum absolute atomic E-state index is 0.0895. The maximum absolute atomic E-state index is 10.7. The third-order valence-corrected chi connectivity index (χ3v) is 1.97. The van der Waals surface area contributed by atoms with E-state index < -0.39 is 36.2 Å². The Bertz CT molecular complexity index is 239. The zero-order valence-electron chi connectivity index (χ0n) is 8.07. The Morgan fingerprint density at radius 2 is 1.53 bits per heavy atom. The first-order chi connectivity index (χ1) is 6.82. The average molecular weight is 222 g/mol. The van der Waals surface area contributed by atoms with Crippen molar-refractivity contribution in [3.63, 3.8) is 0 Å². The number of aliphatic hydroxyl groups excluding tert-OH is 4. The van der Waals surface area contributed by atoms with Gasteiger partial charge in [0, 0.05) is 0 Å². The third kappa shape index (κ3) is 3.56. The van der Waals surface area contributed by atoms with Crippen LogP contribution in [0.25, 0.3) is 0 Å². The van der Waals surface area contributed by atoms with Gasteiger partial charge in [-0.25, -0.2) is 4.79 Å². The van der Waals surface area contributed by atoms with Crippen LogP contribution >= 0.6 is 0 Å². The molecule has 0 saturated heterocycles. The van der Waals surface area contributed by atoms with Gasteiger partial charge in [-0.3, -0.25) is 4.79 Å². The van der Waals surface area contributed by atoms with Gasteiger partial charge in [0.2, 0.25) is 0 Å². The van der Waals surface area contributed by atoms with Crippen molar-refractivity contribution in [3.8, 4) is 0 Å². The van der Waals surface area contributed by atoms with Crippen molar-refractivity contribution < 1.29 is 35.1 Å². The zero-order chi connectivity index (χ0) is 12.2. The highest BCUT2D eigenvalue weighted by Crippen LogP contribution is 2.08. The van der Waals surface area contributed by atoms with E-state index >= 15 is 0 Å². The van der Waals surface area contributed by atoms with Gasteiger partial charge in [-0.1, -0.05) is 6.92 Å². The molecule has 0 fully saturated rings. The number of aliphatic carboxylic acids is 1. The summed E-state index contributed by atoms with van der Waals surface area (Å²) in [4.78, 5) is 20.8. The number of hydrogen-bond donors (Lipinski definition) is 5. The molecule has 7 nitrogen and oxygen atoms in total. The number of ketones is 1. The van der Waals surface area contributed by atoms with Crippen LogP contribution in [0.5, 0.6) is 0 Å². The Balaban J connectivity index is 4.50. The lowest BCUT2D eigenvalue weighted by Gasteiger charge is -2.24. The van der Waals surface area contributed by atoms with Crippen LogP contribution in [0.3, 0.4) is 0 Å². The van der Waals surface area contributed by atoms with Crippen LogP contribution in [0.1, 0.15) is 13.3 Å². The standard InChI is InChI=1S/C8H14O7/c1-2-3(9)4(10)5(11)6(12)7(13)8(14)15/h3-6,9-12H,2H2,1H3,(H,14,15)/t3?,4-,5+,6-/m0/s1. The van der Waals surface area contributed by atoms with Crippen molar-refractivity contribution in [1.29, 1.82) is 0 Å². The Labute approximate surface area is 85.6 Å². The normalized spacial score (nSPS) is 19.0. The van der Waals surface area contributed by atoms with Gasteiger partial charge in [0.25, 0.3) is 5.78 Å². The van der Waals surface area contributed by atoms with E-state index in [1.807, 2.05) is 0 Å². The van der Waals surface area contributed by atoms with E-state index in [1.165, 1.54) is 6.92 Å². The molecule has 0 rings (SSSR count). The maximum Gasteiger partial charge on any atom is 0.375 e. The summed E-state index contributed by atoms with van der Waals surface area (Å²) in [7, 11) is 0. The van der Waals surface area contributed by atoms with Crippen molar-refractivity contribution in [2.45, 2.75) is 37.8 Å². The minimum atomic E-state index is -2.25. The molecule has 0 aliphatic carbocycles. The van der Waals surface area contributed by atoms with Crippen molar-refractivity contribution in [1.82, 2.24) is 0 Å². The molecule has 0 radical (unpaired) electrons. The van der Waals surface area contributed by atoms with Crippen LogP contribution < -0.4 is 0 Å². The van der Waals surface area contributed by atoms with E-state index in [9.17, 15) is 14.7 Å². The molecular formula is C8H14O7. The number of hydrogen-bond acceptors (Lipinski definition) is 6. The summed E-state index contributed by atoms with van der Waals surface area (Å²) in [6.45, 7) is 1.51. The largest absolute Gasteiger partial charge is 0.475 e. The Hall–Kier alpha value is -1.02. The van der Waals surface area contributed by atoms with Crippen LogP contribution in [0.15, 0.2) is 0 Å². The molecule has 0 heterocycles. The molecule has 0 saturated carbocycles. The summed E-state index contributed by atoms with van der Waals surface area (Å²) in [5, 5.41) is 44.7. The maximum atomic E-state index is 10.7. The lowest BCUT2D eigenvalue weighted by Crippen LogP contribution is -2.49. The minimum Gasteiger partial charge on any atom is -0.475 e. The molecule has 7 heteroatoms. The van der Waals surface area contributed by atoms with Gasteiger partial charge >= 0.3 is 5.97 Å². The second-order valence-electron chi connectivity index (χ2n) is 3.07. The third-order valence-electron chi connectivity index (χ3n) is 1.97. The summed E-state index contributed by atoms with van der Waals surface area (Å²) >= 11 is 0. The molecule has 0 aliphatic rings. The van der Waals surface area contributed by atoms with Gasteiger partial charge in [0.05, 0.1) is 6.10 Å². The van der Waals surface area contributed by atoms with E-state index in [1.54, 1.807) is 0 Å². The Kier molecular flexibility index (Phi) is 5.37. The number of carboxylic acid groups (broad SMARTS) is 1. The number of aliphatic hydroxyl groups is 4. The molecule has 0 amide bonds. The first-order valence-electron chi connectivity index (χ1n) is 4.32. The molecule has 5 N–H and O–H groups in total. The summed E-state index contributed by atoms with van der Waals surface area (Å²) in [6, 6.07) is 0. The van der Waals surface area contributed by atoms with Crippen LogP contribution in [-0.2, 0) is 9.59 Å². The summed E-state index contributed by atoms with van der Waals surface area (Å²) in [6.07, 6.45) is -7.29. The van der Waals surface area contributed by atoms with Crippen LogP contribution in [-0.4, -0.2) is 61.7 Å². The van der Waals surface area contributed by atoms with Gasteiger partial charge in [0.15, 0.2) is 6.10 Å². The van der Waals surface area contributed by atoms with E-state index in [-0.39, 0.29) is 6.42 Å². The van der Waals surface area contributed by atoms with E-state index in [0.717, 1.165) is 0 Å². The van der Waals surface area contributed by atoms with Crippen LogP contribution in [0.4, 0.5) is 0 Å². The SMILES string of the molecule is CCC(O)[C@H](O)[C@@H](O)[C@H](O)C(=O)C(=O)O. The molecule has 0 aromatic carbocycles. The predicted octanol–water partition coefficient (Wildman–Crippen LogP) is -2.51. The molecule has 0 bridgehead atoms. The van der Waals surface area contributed by atoms with Crippen molar-refractivity contribution in [2.75, 3.05) is 0 Å². The highest BCUT2D eigenvalue weighted by Gasteiger charge is 2.36. The van der Waals surface area contributed by atoms with E-state index in [0.29, 0.717) is 0 Å². The molecule has 4 atom stereocenters. The molecule has 1 unspecified atom stereocenters. The van der Waals surface area contributed by atoms with E-state index in [4.69, 9.17) is 20.4 Å². The molecule has 0 aromatic rings. The zero-order valence-corrected chi connectivity index (χ0v) is 8.07.